The number of carbonyl (C=O) groups is 2. The molecule has 0 unspecified atom stereocenters. The van der Waals surface area contributed by atoms with E-state index >= 15 is 0 Å². The molecular formula is C22H28BrN3O3. The third-order valence-electron chi connectivity index (χ3n) is 6.07. The van der Waals surface area contributed by atoms with Gasteiger partial charge in [0.1, 0.15) is 5.58 Å². The second kappa shape index (κ2) is 8.88. The Bertz CT molecular complexity index is 894. The topological polar surface area (TPSA) is 57.0 Å². The van der Waals surface area contributed by atoms with Crippen molar-refractivity contribution in [3.8, 4) is 0 Å². The molecule has 0 aliphatic carbocycles. The lowest BCUT2D eigenvalue weighted by molar-refractivity contribution is -0.132. The van der Waals surface area contributed by atoms with Crippen molar-refractivity contribution in [3.63, 3.8) is 0 Å². The zero-order valence-corrected chi connectivity index (χ0v) is 18.5. The molecule has 2 saturated heterocycles. The molecule has 2 amide bonds. The predicted molar refractivity (Wildman–Crippen MR) is 116 cm³/mol. The van der Waals surface area contributed by atoms with E-state index < -0.39 is 0 Å². The van der Waals surface area contributed by atoms with Gasteiger partial charge in [-0.05, 0) is 38.0 Å². The Labute approximate surface area is 179 Å². The number of rotatable bonds is 3. The summed E-state index contributed by atoms with van der Waals surface area (Å²) in [4.78, 5) is 31.6. The van der Waals surface area contributed by atoms with Crippen molar-refractivity contribution in [2.24, 2.45) is 0 Å². The van der Waals surface area contributed by atoms with Crippen LogP contribution in [0.5, 0.6) is 0 Å². The first-order valence-corrected chi connectivity index (χ1v) is 11.3. The van der Waals surface area contributed by atoms with E-state index in [1.54, 1.807) is 0 Å². The van der Waals surface area contributed by atoms with Gasteiger partial charge >= 0.3 is 0 Å². The molecule has 29 heavy (non-hydrogen) atoms. The van der Waals surface area contributed by atoms with E-state index in [4.69, 9.17) is 4.42 Å². The smallest absolute Gasteiger partial charge is 0.289 e. The second-order valence-corrected chi connectivity index (χ2v) is 8.98. The molecule has 0 bridgehead atoms. The number of halogens is 1. The van der Waals surface area contributed by atoms with Gasteiger partial charge in [0.15, 0.2) is 5.76 Å². The molecule has 1 aromatic carbocycles. The molecule has 0 atom stereocenters. The highest BCUT2D eigenvalue weighted by Gasteiger charge is 2.28. The van der Waals surface area contributed by atoms with E-state index in [-0.39, 0.29) is 11.8 Å². The molecule has 0 radical (unpaired) electrons. The molecule has 2 aliphatic heterocycles. The van der Waals surface area contributed by atoms with Crippen LogP contribution in [0.25, 0.3) is 11.0 Å². The van der Waals surface area contributed by atoms with Crippen molar-refractivity contribution in [2.45, 2.75) is 32.6 Å². The number of hydrogen-bond donors (Lipinski definition) is 0. The van der Waals surface area contributed by atoms with Gasteiger partial charge in [0.05, 0.1) is 6.54 Å². The summed E-state index contributed by atoms with van der Waals surface area (Å²) in [5.74, 6) is 0.589. The normalized spacial score (nSPS) is 18.8. The van der Waals surface area contributed by atoms with Crippen molar-refractivity contribution in [1.29, 1.82) is 0 Å². The van der Waals surface area contributed by atoms with Gasteiger partial charge in [0.2, 0.25) is 5.91 Å². The zero-order chi connectivity index (χ0) is 20.4. The van der Waals surface area contributed by atoms with Gasteiger partial charge in [-0.25, -0.2) is 0 Å². The van der Waals surface area contributed by atoms with Crippen molar-refractivity contribution in [2.75, 3.05) is 45.8 Å². The summed E-state index contributed by atoms with van der Waals surface area (Å²) in [7, 11) is 0. The lowest BCUT2D eigenvalue weighted by atomic mass is 10.1. The number of hydrogen-bond acceptors (Lipinski definition) is 4. The van der Waals surface area contributed by atoms with Crippen LogP contribution < -0.4 is 0 Å². The van der Waals surface area contributed by atoms with Crippen molar-refractivity contribution in [3.05, 3.63) is 34.0 Å². The van der Waals surface area contributed by atoms with Gasteiger partial charge < -0.3 is 14.2 Å². The largest absolute Gasteiger partial charge is 0.451 e. The quantitative estimate of drug-likeness (QED) is 0.699. The van der Waals surface area contributed by atoms with Crippen molar-refractivity contribution >= 4 is 38.7 Å². The van der Waals surface area contributed by atoms with Crippen LogP contribution in [0.4, 0.5) is 0 Å². The number of furan rings is 1. The molecule has 156 valence electrons. The lowest BCUT2D eigenvalue weighted by Crippen LogP contribution is -2.51. The predicted octanol–water partition coefficient (Wildman–Crippen LogP) is 3.66. The number of nitrogens with zero attached hydrogens (tertiary/aromatic N) is 3. The zero-order valence-electron chi connectivity index (χ0n) is 17.0. The minimum absolute atomic E-state index is 0.0617. The van der Waals surface area contributed by atoms with Crippen molar-refractivity contribution in [1.82, 2.24) is 14.7 Å². The van der Waals surface area contributed by atoms with Gasteiger partial charge in [0, 0.05) is 54.7 Å². The maximum Gasteiger partial charge on any atom is 0.289 e. The Morgan fingerprint density at radius 2 is 1.66 bits per heavy atom. The Hall–Kier alpha value is -1.86. The highest BCUT2D eigenvalue weighted by molar-refractivity contribution is 9.10. The van der Waals surface area contributed by atoms with E-state index in [2.05, 4.69) is 20.8 Å². The minimum atomic E-state index is -0.0617. The molecule has 2 aromatic rings. The van der Waals surface area contributed by atoms with Gasteiger partial charge in [-0.15, -0.1) is 0 Å². The van der Waals surface area contributed by atoms with Crippen LogP contribution in [0.1, 0.15) is 41.8 Å². The van der Waals surface area contributed by atoms with Crippen LogP contribution in [0.15, 0.2) is 27.1 Å². The molecule has 0 N–H and O–H groups in total. The summed E-state index contributed by atoms with van der Waals surface area (Å²) >= 11 is 3.48. The number of piperazine rings is 1. The number of benzene rings is 1. The van der Waals surface area contributed by atoms with E-state index in [1.165, 1.54) is 12.8 Å². The molecule has 1 aromatic heterocycles. The molecule has 6 nitrogen and oxygen atoms in total. The van der Waals surface area contributed by atoms with Gasteiger partial charge in [0.25, 0.3) is 5.91 Å². The van der Waals surface area contributed by atoms with Crippen LogP contribution in [0.3, 0.4) is 0 Å². The number of likely N-dealkylation sites (tertiary alicyclic amines) is 1. The Morgan fingerprint density at radius 3 is 2.34 bits per heavy atom. The Kier molecular flexibility index (Phi) is 6.25. The molecular weight excluding hydrogens is 434 g/mol. The molecule has 2 aliphatic rings. The lowest BCUT2D eigenvalue weighted by Gasteiger charge is -2.35. The second-order valence-electron chi connectivity index (χ2n) is 8.06. The molecule has 2 fully saturated rings. The summed E-state index contributed by atoms with van der Waals surface area (Å²) in [6, 6.07) is 5.78. The van der Waals surface area contributed by atoms with Gasteiger partial charge in [-0.3, -0.25) is 14.5 Å². The molecule has 0 saturated carbocycles. The first kappa shape index (κ1) is 20.4. The Morgan fingerprint density at radius 1 is 0.966 bits per heavy atom. The summed E-state index contributed by atoms with van der Waals surface area (Å²) < 4.78 is 6.83. The first-order chi connectivity index (χ1) is 14.0. The summed E-state index contributed by atoms with van der Waals surface area (Å²) in [6.07, 6.45) is 4.67. The standard InChI is InChI=1S/C22H28BrN3O3/c1-16-18-14-17(23)6-7-19(18)29-21(16)22(28)26-12-10-24(11-13-26)15-20(27)25-8-4-2-3-5-9-25/h6-7,14H,2-5,8-13,15H2,1H3. The summed E-state index contributed by atoms with van der Waals surface area (Å²) in [5, 5.41) is 0.962. The maximum absolute atomic E-state index is 13.0. The van der Waals surface area contributed by atoms with Crippen LogP contribution in [0.2, 0.25) is 0 Å². The fraction of sp³-hybridized carbons (Fsp3) is 0.545. The third kappa shape index (κ3) is 4.51. The van der Waals surface area contributed by atoms with Crippen LogP contribution >= 0.6 is 15.9 Å². The van der Waals surface area contributed by atoms with E-state index in [1.807, 2.05) is 34.9 Å². The van der Waals surface area contributed by atoms with Crippen LogP contribution in [-0.4, -0.2) is 72.3 Å². The van der Waals surface area contributed by atoms with E-state index in [9.17, 15) is 9.59 Å². The SMILES string of the molecule is Cc1c(C(=O)N2CCN(CC(=O)N3CCCCCC3)CC2)oc2ccc(Br)cc12. The Balaban J connectivity index is 1.35. The number of amides is 2. The molecule has 3 heterocycles. The van der Waals surface area contributed by atoms with E-state index in [0.717, 1.165) is 60.0 Å². The molecule has 4 rings (SSSR count). The summed E-state index contributed by atoms with van der Waals surface area (Å²) in [5.41, 5.74) is 1.61. The molecule has 0 spiro atoms. The van der Waals surface area contributed by atoms with E-state index in [0.29, 0.717) is 25.4 Å². The maximum atomic E-state index is 13.0. The molecule has 7 heteroatoms. The average Bonchev–Trinajstić information content (AvgIpc) is 2.90. The third-order valence-corrected chi connectivity index (χ3v) is 6.56. The van der Waals surface area contributed by atoms with Crippen LogP contribution in [0, 0.1) is 6.92 Å². The van der Waals surface area contributed by atoms with Gasteiger partial charge in [-0.2, -0.15) is 0 Å². The number of aryl methyl sites for hydroxylation is 1. The van der Waals surface area contributed by atoms with Crippen LogP contribution in [-0.2, 0) is 4.79 Å². The van der Waals surface area contributed by atoms with Gasteiger partial charge in [-0.1, -0.05) is 28.8 Å². The number of fused-ring (bicyclic) bond motifs is 1. The highest BCUT2D eigenvalue weighted by atomic mass is 79.9. The summed E-state index contributed by atoms with van der Waals surface area (Å²) in [6.45, 7) is 6.84. The average molecular weight is 462 g/mol. The fourth-order valence-corrected chi connectivity index (χ4v) is 4.62. The highest BCUT2D eigenvalue weighted by Crippen LogP contribution is 2.29. The monoisotopic (exact) mass is 461 g/mol. The fourth-order valence-electron chi connectivity index (χ4n) is 4.26. The van der Waals surface area contributed by atoms with Crippen molar-refractivity contribution < 1.29 is 14.0 Å². The first-order valence-electron chi connectivity index (χ1n) is 10.5. The number of carbonyl (C=O) groups excluding carboxylic acids is 2. The minimum Gasteiger partial charge on any atom is -0.451 e.